The van der Waals surface area contributed by atoms with E-state index in [1.54, 1.807) is 43.3 Å². The third-order valence-corrected chi connectivity index (χ3v) is 2.89. The van der Waals surface area contributed by atoms with Gasteiger partial charge in [-0.1, -0.05) is 30.3 Å². The van der Waals surface area contributed by atoms with Crippen LogP contribution in [0, 0.1) is 10.1 Å². The fourth-order valence-electron chi connectivity index (χ4n) is 1.78. The molecule has 1 unspecified atom stereocenters. The molecule has 0 bridgehead atoms. The van der Waals surface area contributed by atoms with Crippen molar-refractivity contribution in [1.29, 1.82) is 0 Å². The predicted molar refractivity (Wildman–Crippen MR) is 79.4 cm³/mol. The number of carbonyl (C=O) groups is 1. The normalized spacial score (nSPS) is 11.5. The van der Waals surface area contributed by atoms with E-state index in [1.165, 1.54) is 12.1 Å². The van der Waals surface area contributed by atoms with Crippen molar-refractivity contribution in [1.82, 2.24) is 0 Å². The largest absolute Gasteiger partial charge is 0.479 e. The Morgan fingerprint density at radius 1 is 1.18 bits per heavy atom. The van der Waals surface area contributed by atoms with Crippen molar-refractivity contribution in [2.24, 2.45) is 0 Å². The van der Waals surface area contributed by atoms with Gasteiger partial charge in [-0.2, -0.15) is 0 Å². The second-order valence-corrected chi connectivity index (χ2v) is 4.61. The van der Waals surface area contributed by atoms with E-state index in [9.17, 15) is 14.9 Å². The number of nitro groups is 1. The average Bonchev–Trinajstić information content (AvgIpc) is 2.53. The van der Waals surface area contributed by atoms with Gasteiger partial charge in [0.25, 0.3) is 5.69 Å². The van der Waals surface area contributed by atoms with Crippen LogP contribution in [-0.2, 0) is 16.1 Å². The van der Waals surface area contributed by atoms with Crippen molar-refractivity contribution < 1.29 is 19.2 Å². The highest BCUT2D eigenvalue weighted by Crippen LogP contribution is 2.15. The third-order valence-electron chi connectivity index (χ3n) is 2.89. The van der Waals surface area contributed by atoms with Crippen LogP contribution in [-0.4, -0.2) is 17.0 Å². The molecule has 0 fully saturated rings. The molecule has 0 radical (unpaired) electrons. The minimum Gasteiger partial charge on any atom is -0.479 e. The highest BCUT2D eigenvalue weighted by atomic mass is 16.6. The van der Waals surface area contributed by atoms with Gasteiger partial charge in [0.05, 0.1) is 4.92 Å². The van der Waals surface area contributed by atoms with E-state index < -0.39 is 17.0 Å². The van der Waals surface area contributed by atoms with Gasteiger partial charge < -0.3 is 9.47 Å². The smallest absolute Gasteiger partial charge is 0.347 e. The molecule has 22 heavy (non-hydrogen) atoms. The number of rotatable bonds is 6. The first kappa shape index (κ1) is 15.5. The first-order chi connectivity index (χ1) is 10.6. The molecule has 0 aliphatic rings. The Labute approximate surface area is 127 Å². The number of nitrogens with zero attached hydrogens (tertiary/aromatic N) is 1. The van der Waals surface area contributed by atoms with Gasteiger partial charge in [-0.05, 0) is 24.6 Å². The monoisotopic (exact) mass is 301 g/mol. The Morgan fingerprint density at radius 2 is 1.91 bits per heavy atom. The Bertz CT molecular complexity index is 657. The summed E-state index contributed by atoms with van der Waals surface area (Å²) in [5, 5.41) is 10.7. The second kappa shape index (κ2) is 7.21. The number of hydrogen-bond acceptors (Lipinski definition) is 5. The molecule has 1 atom stereocenters. The lowest BCUT2D eigenvalue weighted by Crippen LogP contribution is -2.26. The molecule has 114 valence electrons. The highest BCUT2D eigenvalue weighted by Gasteiger charge is 2.16. The molecular weight excluding hydrogens is 286 g/mol. The standard InChI is InChI=1S/C16H15NO5/c1-12(22-15-8-3-2-4-9-15)16(18)21-11-13-6-5-7-14(10-13)17(19)20/h2-10,12H,11H2,1H3. The minimum absolute atomic E-state index is 0.0387. The van der Waals surface area contributed by atoms with E-state index in [0.717, 1.165) is 0 Å². The number of ether oxygens (including phenoxy) is 2. The van der Waals surface area contributed by atoms with Gasteiger partial charge in [-0.15, -0.1) is 0 Å². The fraction of sp³-hybridized carbons (Fsp3) is 0.188. The number of carbonyl (C=O) groups excluding carboxylic acids is 1. The molecule has 6 heteroatoms. The second-order valence-electron chi connectivity index (χ2n) is 4.61. The summed E-state index contributed by atoms with van der Waals surface area (Å²) in [6, 6.07) is 14.9. The lowest BCUT2D eigenvalue weighted by molar-refractivity contribution is -0.384. The maximum atomic E-state index is 11.9. The van der Waals surface area contributed by atoms with Crippen LogP contribution in [0.1, 0.15) is 12.5 Å². The number of non-ortho nitro benzene ring substituents is 1. The molecule has 0 saturated heterocycles. The number of para-hydroxylation sites is 1. The molecule has 0 amide bonds. The first-order valence-corrected chi connectivity index (χ1v) is 6.68. The van der Waals surface area contributed by atoms with Crippen LogP contribution in [0.4, 0.5) is 5.69 Å². The molecule has 0 spiro atoms. The molecule has 0 N–H and O–H groups in total. The molecule has 0 saturated carbocycles. The van der Waals surface area contributed by atoms with Gasteiger partial charge >= 0.3 is 5.97 Å². The quantitative estimate of drug-likeness (QED) is 0.465. The van der Waals surface area contributed by atoms with Gasteiger partial charge in [-0.25, -0.2) is 4.79 Å². The van der Waals surface area contributed by atoms with E-state index in [4.69, 9.17) is 9.47 Å². The molecular formula is C16H15NO5. The Hall–Kier alpha value is -2.89. The van der Waals surface area contributed by atoms with Crippen LogP contribution < -0.4 is 4.74 Å². The van der Waals surface area contributed by atoms with Crippen LogP contribution in [0.15, 0.2) is 54.6 Å². The summed E-state index contributed by atoms with van der Waals surface area (Å²) >= 11 is 0. The molecule has 2 aromatic rings. The number of esters is 1. The fourth-order valence-corrected chi connectivity index (χ4v) is 1.78. The van der Waals surface area contributed by atoms with E-state index in [0.29, 0.717) is 11.3 Å². The zero-order valence-electron chi connectivity index (χ0n) is 12.0. The molecule has 0 heterocycles. The lowest BCUT2D eigenvalue weighted by atomic mass is 10.2. The topological polar surface area (TPSA) is 78.7 Å². The average molecular weight is 301 g/mol. The summed E-state index contributed by atoms with van der Waals surface area (Å²) in [6.45, 7) is 1.55. The Kier molecular flexibility index (Phi) is 5.08. The number of hydrogen-bond donors (Lipinski definition) is 0. The zero-order valence-corrected chi connectivity index (χ0v) is 12.0. The van der Waals surface area contributed by atoms with Crippen molar-refractivity contribution in [3.63, 3.8) is 0 Å². The van der Waals surface area contributed by atoms with Gasteiger partial charge in [0.2, 0.25) is 0 Å². The van der Waals surface area contributed by atoms with Gasteiger partial charge in [0, 0.05) is 12.1 Å². The molecule has 0 aliphatic heterocycles. The third kappa shape index (κ3) is 4.31. The summed E-state index contributed by atoms with van der Waals surface area (Å²) in [4.78, 5) is 22.0. The van der Waals surface area contributed by atoms with E-state index in [-0.39, 0.29) is 12.3 Å². The highest BCUT2D eigenvalue weighted by molar-refractivity contribution is 5.74. The molecule has 0 aromatic heterocycles. The number of benzene rings is 2. The van der Waals surface area contributed by atoms with Crippen molar-refractivity contribution in [3.8, 4) is 5.75 Å². The summed E-state index contributed by atoms with van der Waals surface area (Å²) in [5.41, 5.74) is 0.511. The van der Waals surface area contributed by atoms with E-state index in [1.807, 2.05) is 6.07 Å². The Balaban J connectivity index is 1.89. The van der Waals surface area contributed by atoms with Crippen molar-refractivity contribution in [3.05, 3.63) is 70.3 Å². The predicted octanol–water partition coefficient (Wildman–Crippen LogP) is 3.11. The maximum absolute atomic E-state index is 11.9. The summed E-state index contributed by atoms with van der Waals surface area (Å²) in [5.74, 6) is 0.0395. The van der Waals surface area contributed by atoms with Crippen LogP contribution in [0.3, 0.4) is 0 Å². The number of nitro benzene ring substituents is 1. The first-order valence-electron chi connectivity index (χ1n) is 6.68. The molecule has 0 aliphatic carbocycles. The summed E-state index contributed by atoms with van der Waals surface area (Å²) in [7, 11) is 0. The van der Waals surface area contributed by atoms with Crippen LogP contribution in [0.25, 0.3) is 0 Å². The van der Waals surface area contributed by atoms with Gasteiger partial charge in [-0.3, -0.25) is 10.1 Å². The van der Waals surface area contributed by atoms with Gasteiger partial charge in [0.1, 0.15) is 12.4 Å². The Morgan fingerprint density at radius 3 is 2.59 bits per heavy atom. The van der Waals surface area contributed by atoms with Crippen molar-refractivity contribution in [2.45, 2.75) is 19.6 Å². The van der Waals surface area contributed by atoms with Crippen LogP contribution >= 0.6 is 0 Å². The van der Waals surface area contributed by atoms with Gasteiger partial charge in [0.15, 0.2) is 6.10 Å². The molecule has 2 rings (SSSR count). The molecule has 6 nitrogen and oxygen atoms in total. The molecule has 2 aromatic carbocycles. The SMILES string of the molecule is CC(Oc1ccccc1)C(=O)OCc1cccc([N+](=O)[O-])c1. The lowest BCUT2D eigenvalue weighted by Gasteiger charge is -2.13. The maximum Gasteiger partial charge on any atom is 0.347 e. The summed E-state index contributed by atoms with van der Waals surface area (Å²) < 4.78 is 10.6. The summed E-state index contributed by atoms with van der Waals surface area (Å²) in [6.07, 6.45) is -0.763. The zero-order chi connectivity index (χ0) is 15.9. The van der Waals surface area contributed by atoms with Crippen molar-refractivity contribution in [2.75, 3.05) is 0 Å². The minimum atomic E-state index is -0.763. The van der Waals surface area contributed by atoms with Crippen LogP contribution in [0.5, 0.6) is 5.75 Å². The van der Waals surface area contributed by atoms with E-state index in [2.05, 4.69) is 0 Å². The van der Waals surface area contributed by atoms with E-state index >= 15 is 0 Å². The van der Waals surface area contributed by atoms with Crippen LogP contribution in [0.2, 0.25) is 0 Å². The van der Waals surface area contributed by atoms with Crippen molar-refractivity contribution >= 4 is 11.7 Å².